The van der Waals surface area contributed by atoms with Gasteiger partial charge in [-0.2, -0.15) is 8.78 Å². The molecule has 0 aromatic carbocycles. The monoisotopic (exact) mass is 268 g/mol. The van der Waals surface area contributed by atoms with Crippen molar-refractivity contribution in [1.29, 1.82) is 0 Å². The molecule has 2 rings (SSSR count). The summed E-state index contributed by atoms with van der Waals surface area (Å²) in [4.78, 5) is 3.81. The van der Waals surface area contributed by atoms with Crippen molar-refractivity contribution in [2.45, 2.75) is 44.1 Å². The third-order valence-electron chi connectivity index (χ3n) is 3.89. The maximum absolute atomic E-state index is 13.0. The first-order chi connectivity index (χ1) is 8.49. The normalized spacial score (nSPS) is 28.2. The van der Waals surface area contributed by atoms with Gasteiger partial charge in [-0.25, -0.2) is 8.78 Å². The average molecular weight is 268 g/mol. The van der Waals surface area contributed by atoms with Crippen LogP contribution in [-0.4, -0.2) is 60.9 Å². The van der Waals surface area contributed by atoms with Crippen molar-refractivity contribution in [2.75, 3.05) is 32.7 Å². The zero-order valence-electron chi connectivity index (χ0n) is 10.4. The van der Waals surface area contributed by atoms with Gasteiger partial charge in [-0.1, -0.05) is 0 Å². The van der Waals surface area contributed by atoms with Crippen LogP contribution in [0.15, 0.2) is 0 Å². The first-order valence-electron chi connectivity index (χ1n) is 6.61. The molecule has 0 amide bonds. The van der Waals surface area contributed by atoms with Crippen LogP contribution in [0.3, 0.4) is 0 Å². The van der Waals surface area contributed by atoms with E-state index >= 15 is 0 Å². The Morgan fingerprint density at radius 2 is 1.72 bits per heavy atom. The molecule has 2 nitrogen and oxygen atoms in total. The summed E-state index contributed by atoms with van der Waals surface area (Å²) in [5, 5.41) is 0. The van der Waals surface area contributed by atoms with E-state index in [1.165, 1.54) is 4.90 Å². The van der Waals surface area contributed by atoms with Gasteiger partial charge in [0.15, 0.2) is 0 Å². The number of hydrogen-bond donors (Lipinski definition) is 0. The predicted molar refractivity (Wildman–Crippen MR) is 61.2 cm³/mol. The van der Waals surface area contributed by atoms with Crippen LogP contribution in [0.4, 0.5) is 17.6 Å². The second-order valence-electron chi connectivity index (χ2n) is 5.34. The Bertz CT molecular complexity index is 267. The number of hydrogen-bond acceptors (Lipinski definition) is 2. The minimum atomic E-state index is -3.88. The fourth-order valence-electron chi connectivity index (χ4n) is 2.95. The highest BCUT2D eigenvalue weighted by Gasteiger charge is 2.43. The van der Waals surface area contributed by atoms with E-state index in [0.717, 1.165) is 38.8 Å². The number of rotatable bonds is 4. The van der Waals surface area contributed by atoms with Crippen molar-refractivity contribution >= 4 is 0 Å². The number of alkyl halides is 4. The van der Waals surface area contributed by atoms with Crippen LogP contribution in [0.1, 0.15) is 25.7 Å². The lowest BCUT2D eigenvalue weighted by Gasteiger charge is -2.38. The Morgan fingerprint density at radius 3 is 2.33 bits per heavy atom. The lowest BCUT2D eigenvalue weighted by atomic mass is 10.0. The van der Waals surface area contributed by atoms with Gasteiger partial charge in [0.2, 0.25) is 0 Å². The highest BCUT2D eigenvalue weighted by molar-refractivity contribution is 4.85. The van der Waals surface area contributed by atoms with E-state index in [1.807, 2.05) is 0 Å². The first-order valence-corrected chi connectivity index (χ1v) is 6.61. The Morgan fingerprint density at radius 1 is 1.06 bits per heavy atom. The lowest BCUT2D eigenvalue weighted by molar-refractivity contribution is -0.145. The molecule has 0 radical (unpaired) electrons. The lowest BCUT2D eigenvalue weighted by Crippen LogP contribution is -2.51. The van der Waals surface area contributed by atoms with Crippen LogP contribution < -0.4 is 0 Å². The number of likely N-dealkylation sites (tertiary alicyclic amines) is 2. The van der Waals surface area contributed by atoms with Gasteiger partial charge in [0.05, 0.1) is 6.54 Å². The van der Waals surface area contributed by atoms with Crippen LogP contribution >= 0.6 is 0 Å². The maximum Gasteiger partial charge on any atom is 0.319 e. The van der Waals surface area contributed by atoms with E-state index < -0.39 is 18.9 Å². The standard InChI is InChI=1S/C12H20F4N2/c13-11(14)12(15,16)9-17-5-3-4-10(8-17)18-6-1-2-7-18/h10-11H,1-9H2. The van der Waals surface area contributed by atoms with Crippen molar-refractivity contribution in [3.8, 4) is 0 Å². The summed E-state index contributed by atoms with van der Waals surface area (Å²) in [6, 6.07) is 0.273. The third kappa shape index (κ3) is 3.35. The van der Waals surface area contributed by atoms with Crippen molar-refractivity contribution in [2.24, 2.45) is 0 Å². The van der Waals surface area contributed by atoms with Crippen LogP contribution in [0, 0.1) is 0 Å². The van der Waals surface area contributed by atoms with Gasteiger partial charge in [0.1, 0.15) is 0 Å². The molecule has 6 heteroatoms. The molecule has 106 valence electrons. The summed E-state index contributed by atoms with van der Waals surface area (Å²) in [5.41, 5.74) is 0. The molecule has 2 fully saturated rings. The molecule has 0 N–H and O–H groups in total. The van der Waals surface area contributed by atoms with Gasteiger partial charge in [-0.15, -0.1) is 0 Å². The zero-order valence-corrected chi connectivity index (χ0v) is 10.4. The first kappa shape index (κ1) is 14.1. The van der Waals surface area contributed by atoms with Gasteiger partial charge in [-0.3, -0.25) is 9.80 Å². The van der Waals surface area contributed by atoms with Gasteiger partial charge in [0.25, 0.3) is 0 Å². The summed E-state index contributed by atoms with van der Waals surface area (Å²) in [7, 11) is 0. The summed E-state index contributed by atoms with van der Waals surface area (Å²) < 4.78 is 50.4. The average Bonchev–Trinajstić information content (AvgIpc) is 2.82. The summed E-state index contributed by atoms with van der Waals surface area (Å²) in [5.74, 6) is -3.88. The number of piperidine rings is 1. The van der Waals surface area contributed by atoms with E-state index in [4.69, 9.17) is 0 Å². The fourth-order valence-corrected chi connectivity index (χ4v) is 2.95. The molecule has 0 bridgehead atoms. The Balaban J connectivity index is 1.86. The summed E-state index contributed by atoms with van der Waals surface area (Å²) in [6.07, 6.45) is 0.564. The van der Waals surface area contributed by atoms with Crippen LogP contribution in [-0.2, 0) is 0 Å². The quantitative estimate of drug-likeness (QED) is 0.723. The van der Waals surface area contributed by atoms with E-state index in [1.54, 1.807) is 0 Å². The van der Waals surface area contributed by atoms with Crippen molar-refractivity contribution in [3.63, 3.8) is 0 Å². The molecule has 0 saturated carbocycles. The van der Waals surface area contributed by atoms with Crippen LogP contribution in [0.2, 0.25) is 0 Å². The summed E-state index contributed by atoms with van der Waals surface area (Å²) in [6.45, 7) is 2.23. The number of halogens is 4. The molecule has 2 saturated heterocycles. The SMILES string of the molecule is FC(F)C(F)(F)CN1CCCC(N2CCCC2)C1. The minimum absolute atomic E-state index is 0.273. The van der Waals surface area contributed by atoms with E-state index in [0.29, 0.717) is 13.1 Å². The minimum Gasteiger partial charge on any atom is -0.299 e. The molecule has 1 unspecified atom stereocenters. The van der Waals surface area contributed by atoms with E-state index in [2.05, 4.69) is 4.90 Å². The van der Waals surface area contributed by atoms with Crippen molar-refractivity contribution in [3.05, 3.63) is 0 Å². The van der Waals surface area contributed by atoms with E-state index in [9.17, 15) is 17.6 Å². The summed E-state index contributed by atoms with van der Waals surface area (Å²) >= 11 is 0. The molecule has 2 aliphatic heterocycles. The molecular weight excluding hydrogens is 248 g/mol. The predicted octanol–water partition coefficient (Wildman–Crippen LogP) is 2.45. The second-order valence-corrected chi connectivity index (χ2v) is 5.34. The maximum atomic E-state index is 13.0. The molecule has 2 heterocycles. The largest absolute Gasteiger partial charge is 0.319 e. The van der Waals surface area contributed by atoms with Gasteiger partial charge in [-0.05, 0) is 45.3 Å². The zero-order chi connectivity index (χ0) is 13.2. The number of nitrogens with zero attached hydrogens (tertiary/aromatic N) is 2. The third-order valence-corrected chi connectivity index (χ3v) is 3.89. The van der Waals surface area contributed by atoms with Crippen LogP contribution in [0.25, 0.3) is 0 Å². The Hall–Kier alpha value is -0.360. The fraction of sp³-hybridized carbons (Fsp3) is 1.00. The molecule has 18 heavy (non-hydrogen) atoms. The van der Waals surface area contributed by atoms with Crippen molar-refractivity contribution < 1.29 is 17.6 Å². The molecule has 0 spiro atoms. The van der Waals surface area contributed by atoms with E-state index in [-0.39, 0.29) is 6.04 Å². The smallest absolute Gasteiger partial charge is 0.299 e. The molecule has 2 aliphatic rings. The molecule has 0 aromatic heterocycles. The Kier molecular flexibility index (Phi) is 4.48. The van der Waals surface area contributed by atoms with Gasteiger partial charge < -0.3 is 0 Å². The molecule has 0 aromatic rings. The molecule has 1 atom stereocenters. The second kappa shape index (κ2) is 5.74. The molecular formula is C12H20F4N2. The highest BCUT2D eigenvalue weighted by atomic mass is 19.3. The van der Waals surface area contributed by atoms with Gasteiger partial charge >= 0.3 is 12.3 Å². The van der Waals surface area contributed by atoms with Gasteiger partial charge in [0, 0.05) is 12.6 Å². The Labute approximate surface area is 105 Å². The highest BCUT2D eigenvalue weighted by Crippen LogP contribution is 2.27. The van der Waals surface area contributed by atoms with Crippen molar-refractivity contribution in [1.82, 2.24) is 9.80 Å². The van der Waals surface area contributed by atoms with Crippen LogP contribution in [0.5, 0.6) is 0 Å². The molecule has 0 aliphatic carbocycles. The topological polar surface area (TPSA) is 6.48 Å².